The fourth-order valence-electron chi connectivity index (χ4n) is 5.09. The van der Waals surface area contributed by atoms with Crippen molar-refractivity contribution in [2.75, 3.05) is 5.32 Å². The van der Waals surface area contributed by atoms with Crippen LogP contribution >= 0.6 is 11.3 Å². The molecule has 3 aromatic carbocycles. The van der Waals surface area contributed by atoms with Gasteiger partial charge in [-0.25, -0.2) is 4.68 Å². The van der Waals surface area contributed by atoms with Gasteiger partial charge in [-0.2, -0.15) is 15.6 Å². The summed E-state index contributed by atoms with van der Waals surface area (Å²) in [6, 6.07) is 28.1. The predicted octanol–water partition coefficient (Wildman–Crippen LogP) is 7.05. The van der Waals surface area contributed by atoms with E-state index in [-0.39, 0.29) is 5.57 Å². The first-order valence-electron chi connectivity index (χ1n) is 12.8. The van der Waals surface area contributed by atoms with E-state index in [1.165, 1.54) is 11.3 Å². The van der Waals surface area contributed by atoms with Gasteiger partial charge in [-0.05, 0) is 60.2 Å². The van der Waals surface area contributed by atoms with Gasteiger partial charge in [0.2, 0.25) is 0 Å². The second-order valence-electron chi connectivity index (χ2n) is 9.39. The van der Waals surface area contributed by atoms with Gasteiger partial charge in [0, 0.05) is 22.2 Å². The lowest BCUT2D eigenvalue weighted by atomic mass is 9.96. The first-order chi connectivity index (χ1) is 19.2. The summed E-state index contributed by atoms with van der Waals surface area (Å²) in [7, 11) is 0. The second-order valence-corrected chi connectivity index (χ2v) is 10.5. The number of nitrogens with one attached hydrogen (secondary N) is 1. The van der Waals surface area contributed by atoms with Crippen LogP contribution in [-0.2, 0) is 17.6 Å². The average Bonchev–Trinajstić information content (AvgIpc) is 3.56. The van der Waals surface area contributed by atoms with E-state index >= 15 is 0 Å². The standard InChI is InChI=1S/C32H23N5OS/c33-18-22(31(38)35-32-28(19-34)26-14-6-7-16-29(26)39-32)17-23-20-37(24-11-2-1-3-12-24)36-30(23)27-15-8-10-21-9-4-5-13-25(21)27/h1-5,8-13,15,17,20H,6-7,14,16H2,(H,35,38). The molecule has 6 nitrogen and oxygen atoms in total. The molecule has 188 valence electrons. The smallest absolute Gasteiger partial charge is 0.266 e. The third-order valence-corrected chi connectivity index (χ3v) is 8.19. The second kappa shape index (κ2) is 10.4. The minimum atomic E-state index is -0.538. The number of anilines is 1. The summed E-state index contributed by atoms with van der Waals surface area (Å²) >= 11 is 1.44. The molecule has 0 aliphatic heterocycles. The van der Waals surface area contributed by atoms with Crippen LogP contribution in [0.4, 0.5) is 5.00 Å². The fraction of sp³-hybridized carbons (Fsp3) is 0.125. The maximum Gasteiger partial charge on any atom is 0.266 e. The SMILES string of the molecule is N#CC(=Cc1cn(-c2ccccc2)nc1-c1cccc2ccccc12)C(=O)Nc1sc2c(c1C#N)CCCC2. The maximum atomic E-state index is 13.3. The van der Waals surface area contributed by atoms with Crippen molar-refractivity contribution in [2.24, 2.45) is 0 Å². The van der Waals surface area contributed by atoms with E-state index in [1.807, 2.05) is 79.0 Å². The maximum absolute atomic E-state index is 13.3. The summed E-state index contributed by atoms with van der Waals surface area (Å²) in [6.45, 7) is 0. The number of aromatic nitrogens is 2. The van der Waals surface area contributed by atoms with E-state index < -0.39 is 5.91 Å². The average molecular weight is 526 g/mol. The third-order valence-electron chi connectivity index (χ3n) is 6.98. The summed E-state index contributed by atoms with van der Waals surface area (Å²) in [6.07, 6.45) is 7.30. The monoisotopic (exact) mass is 525 g/mol. The number of thiophene rings is 1. The summed E-state index contributed by atoms with van der Waals surface area (Å²) in [5.41, 5.74) is 4.59. The minimum Gasteiger partial charge on any atom is -0.312 e. The molecule has 1 aliphatic rings. The normalized spacial score (nSPS) is 12.9. The van der Waals surface area contributed by atoms with Gasteiger partial charge in [-0.1, -0.05) is 60.7 Å². The molecule has 1 amide bonds. The predicted molar refractivity (Wildman–Crippen MR) is 154 cm³/mol. The van der Waals surface area contributed by atoms with Crippen molar-refractivity contribution < 1.29 is 4.79 Å². The molecule has 0 fully saturated rings. The third kappa shape index (κ3) is 4.61. The molecule has 0 spiro atoms. The number of hydrogen-bond donors (Lipinski definition) is 1. The highest BCUT2D eigenvalue weighted by Crippen LogP contribution is 2.38. The zero-order valence-corrected chi connectivity index (χ0v) is 21.8. The van der Waals surface area contributed by atoms with Crippen molar-refractivity contribution in [1.82, 2.24) is 9.78 Å². The van der Waals surface area contributed by atoms with E-state index in [0.717, 1.165) is 58.1 Å². The molecule has 2 heterocycles. The van der Waals surface area contributed by atoms with Crippen LogP contribution in [0, 0.1) is 22.7 Å². The Morgan fingerprint density at radius 3 is 2.56 bits per heavy atom. The lowest BCUT2D eigenvalue weighted by Crippen LogP contribution is -2.13. The molecule has 7 heteroatoms. The summed E-state index contributed by atoms with van der Waals surface area (Å²) < 4.78 is 1.76. The lowest BCUT2D eigenvalue weighted by molar-refractivity contribution is -0.112. The number of aryl methyl sites for hydroxylation is 1. The van der Waals surface area contributed by atoms with Crippen molar-refractivity contribution in [1.29, 1.82) is 10.5 Å². The van der Waals surface area contributed by atoms with Crippen LogP contribution in [0.1, 0.15) is 34.4 Å². The molecule has 0 saturated heterocycles. The number of carbonyl (C=O) groups is 1. The number of hydrogen-bond acceptors (Lipinski definition) is 5. The number of nitriles is 2. The number of nitrogens with zero attached hydrogens (tertiary/aromatic N) is 4. The van der Waals surface area contributed by atoms with Crippen molar-refractivity contribution in [3.05, 3.63) is 106 Å². The molecule has 0 unspecified atom stereocenters. The minimum absolute atomic E-state index is 0.0561. The van der Waals surface area contributed by atoms with Gasteiger partial charge in [0.1, 0.15) is 28.4 Å². The number of fused-ring (bicyclic) bond motifs is 2. The Morgan fingerprint density at radius 2 is 1.74 bits per heavy atom. The first kappa shape index (κ1) is 24.4. The number of benzene rings is 3. The highest BCUT2D eigenvalue weighted by molar-refractivity contribution is 7.16. The Bertz CT molecular complexity index is 1830. The van der Waals surface area contributed by atoms with Gasteiger partial charge < -0.3 is 5.32 Å². The van der Waals surface area contributed by atoms with Crippen molar-refractivity contribution >= 4 is 39.1 Å². The highest BCUT2D eigenvalue weighted by Gasteiger charge is 2.23. The molecule has 0 radical (unpaired) electrons. The van der Waals surface area contributed by atoms with Gasteiger partial charge in [-0.3, -0.25) is 4.79 Å². The summed E-state index contributed by atoms with van der Waals surface area (Å²) in [5.74, 6) is -0.538. The molecule has 39 heavy (non-hydrogen) atoms. The fourth-order valence-corrected chi connectivity index (χ4v) is 6.33. The highest BCUT2D eigenvalue weighted by atomic mass is 32.1. The van der Waals surface area contributed by atoms with Crippen LogP contribution in [0.3, 0.4) is 0 Å². The Kier molecular flexibility index (Phi) is 6.50. The van der Waals surface area contributed by atoms with Crippen LogP contribution in [-0.4, -0.2) is 15.7 Å². The Labute approximate surface area is 230 Å². The number of amides is 1. The summed E-state index contributed by atoms with van der Waals surface area (Å²) in [5, 5.41) is 30.2. The van der Waals surface area contributed by atoms with Gasteiger partial charge >= 0.3 is 0 Å². The molecule has 0 bridgehead atoms. The quantitative estimate of drug-likeness (QED) is 0.196. The zero-order valence-electron chi connectivity index (χ0n) is 21.0. The van der Waals surface area contributed by atoms with Gasteiger partial charge in [0.15, 0.2) is 0 Å². The van der Waals surface area contributed by atoms with Crippen molar-refractivity contribution in [2.45, 2.75) is 25.7 Å². The van der Waals surface area contributed by atoms with E-state index in [0.29, 0.717) is 21.8 Å². The topological polar surface area (TPSA) is 94.5 Å². The number of para-hydroxylation sites is 1. The van der Waals surface area contributed by atoms with Crippen LogP contribution < -0.4 is 5.32 Å². The van der Waals surface area contributed by atoms with E-state index in [1.54, 1.807) is 10.8 Å². The van der Waals surface area contributed by atoms with Crippen LogP contribution in [0.5, 0.6) is 0 Å². The molecular weight excluding hydrogens is 502 g/mol. The van der Waals surface area contributed by atoms with E-state index in [9.17, 15) is 15.3 Å². The van der Waals surface area contributed by atoms with Crippen LogP contribution in [0.15, 0.2) is 84.6 Å². The van der Waals surface area contributed by atoms with Crippen molar-refractivity contribution in [3.63, 3.8) is 0 Å². The number of rotatable bonds is 5. The first-order valence-corrected chi connectivity index (χ1v) is 13.6. The van der Waals surface area contributed by atoms with Gasteiger partial charge in [-0.15, -0.1) is 11.3 Å². The Balaban J connectivity index is 1.44. The zero-order chi connectivity index (χ0) is 26.8. The van der Waals surface area contributed by atoms with Crippen LogP contribution in [0.2, 0.25) is 0 Å². The largest absolute Gasteiger partial charge is 0.312 e. The van der Waals surface area contributed by atoms with E-state index in [2.05, 4.69) is 17.5 Å². The molecule has 6 rings (SSSR count). The molecule has 5 aromatic rings. The van der Waals surface area contributed by atoms with E-state index in [4.69, 9.17) is 5.10 Å². The Hall–Kier alpha value is -4.98. The van der Waals surface area contributed by atoms with Crippen molar-refractivity contribution in [3.8, 4) is 29.1 Å². The molecule has 0 atom stereocenters. The molecular formula is C32H23N5OS. The summed E-state index contributed by atoms with van der Waals surface area (Å²) in [4.78, 5) is 14.5. The number of carbonyl (C=O) groups excluding carboxylic acids is 1. The van der Waals surface area contributed by atoms with Gasteiger partial charge in [0.25, 0.3) is 5.91 Å². The Morgan fingerprint density at radius 1 is 0.974 bits per heavy atom. The van der Waals surface area contributed by atoms with Gasteiger partial charge in [0.05, 0.1) is 11.3 Å². The molecule has 0 saturated carbocycles. The molecule has 2 aromatic heterocycles. The molecule has 1 N–H and O–H groups in total. The molecule has 1 aliphatic carbocycles. The lowest BCUT2D eigenvalue weighted by Gasteiger charge is -2.09. The van der Waals surface area contributed by atoms with Crippen LogP contribution in [0.25, 0.3) is 33.8 Å².